The SMILES string of the molecule is CCNC(=O)COc1cccc(CNC(=NC)NCC2(CC)CCCC2)c1.I. The van der Waals surface area contributed by atoms with E-state index in [9.17, 15) is 4.79 Å². The van der Waals surface area contributed by atoms with E-state index in [0.717, 1.165) is 18.1 Å². The van der Waals surface area contributed by atoms with Crippen molar-refractivity contribution in [2.45, 2.75) is 52.5 Å². The summed E-state index contributed by atoms with van der Waals surface area (Å²) in [5.41, 5.74) is 1.50. The second-order valence-electron chi connectivity index (χ2n) is 7.23. The van der Waals surface area contributed by atoms with E-state index in [1.165, 1.54) is 32.1 Å². The number of rotatable bonds is 9. The number of hydrogen-bond donors (Lipinski definition) is 3. The van der Waals surface area contributed by atoms with Gasteiger partial charge in [0.25, 0.3) is 5.91 Å². The van der Waals surface area contributed by atoms with Gasteiger partial charge in [-0.25, -0.2) is 0 Å². The third-order valence-electron chi connectivity index (χ3n) is 5.37. The predicted octanol–water partition coefficient (Wildman–Crippen LogP) is 3.45. The molecule has 7 heteroatoms. The Hall–Kier alpha value is -1.51. The van der Waals surface area contributed by atoms with E-state index in [2.05, 4.69) is 27.9 Å². The number of carbonyl (C=O) groups is 1. The van der Waals surface area contributed by atoms with Gasteiger partial charge in [0.2, 0.25) is 0 Å². The quantitative estimate of drug-likeness (QED) is 0.275. The standard InChI is InChI=1S/C21H34N4O2.HI/c1-4-21(11-6-7-12-21)16-25-20(22-3)24-14-17-9-8-10-18(13-17)27-15-19(26)23-5-2;/h8-10,13H,4-7,11-12,14-16H2,1-3H3,(H,23,26)(H2,22,24,25);1H. The van der Waals surface area contributed by atoms with Gasteiger partial charge in [0.1, 0.15) is 5.75 Å². The highest BCUT2D eigenvalue weighted by Crippen LogP contribution is 2.40. The number of ether oxygens (including phenoxy) is 1. The molecule has 1 fully saturated rings. The summed E-state index contributed by atoms with van der Waals surface area (Å²) in [5, 5.41) is 9.59. The van der Waals surface area contributed by atoms with Crippen LogP contribution in [0.1, 0.15) is 51.5 Å². The van der Waals surface area contributed by atoms with Crippen molar-refractivity contribution in [1.82, 2.24) is 16.0 Å². The second-order valence-corrected chi connectivity index (χ2v) is 7.23. The molecule has 0 radical (unpaired) electrons. The second kappa shape index (κ2) is 12.9. The van der Waals surface area contributed by atoms with E-state index in [0.29, 0.717) is 24.3 Å². The first-order chi connectivity index (χ1) is 13.1. The van der Waals surface area contributed by atoms with Crippen LogP contribution in [0.25, 0.3) is 0 Å². The van der Waals surface area contributed by atoms with Crippen molar-refractivity contribution in [3.63, 3.8) is 0 Å². The Labute approximate surface area is 186 Å². The monoisotopic (exact) mass is 502 g/mol. The van der Waals surface area contributed by atoms with Gasteiger partial charge in [-0.2, -0.15) is 0 Å². The van der Waals surface area contributed by atoms with Gasteiger partial charge in [0, 0.05) is 26.7 Å². The number of guanidine groups is 1. The number of halogens is 1. The summed E-state index contributed by atoms with van der Waals surface area (Å²) >= 11 is 0. The van der Waals surface area contributed by atoms with Crippen LogP contribution in [0.2, 0.25) is 0 Å². The molecule has 0 saturated heterocycles. The minimum atomic E-state index is -0.109. The van der Waals surface area contributed by atoms with Gasteiger partial charge in [0.05, 0.1) is 0 Å². The number of aliphatic imine (C=N–C) groups is 1. The Balaban J connectivity index is 0.00000392. The van der Waals surface area contributed by atoms with E-state index < -0.39 is 0 Å². The van der Waals surface area contributed by atoms with E-state index in [-0.39, 0.29) is 36.5 Å². The average Bonchev–Trinajstić information content (AvgIpc) is 3.16. The molecule has 6 nitrogen and oxygen atoms in total. The summed E-state index contributed by atoms with van der Waals surface area (Å²) in [6.45, 7) is 6.44. The summed E-state index contributed by atoms with van der Waals surface area (Å²) in [5.74, 6) is 1.41. The zero-order valence-corrected chi connectivity index (χ0v) is 19.7. The predicted molar refractivity (Wildman–Crippen MR) is 125 cm³/mol. The molecule has 0 aliphatic heterocycles. The molecule has 1 aromatic carbocycles. The van der Waals surface area contributed by atoms with Crippen LogP contribution >= 0.6 is 24.0 Å². The van der Waals surface area contributed by atoms with E-state index in [1.807, 2.05) is 31.2 Å². The number of carbonyl (C=O) groups excluding carboxylic acids is 1. The smallest absolute Gasteiger partial charge is 0.257 e. The molecule has 0 aromatic heterocycles. The molecule has 3 N–H and O–H groups in total. The zero-order chi connectivity index (χ0) is 19.5. The average molecular weight is 502 g/mol. The highest BCUT2D eigenvalue weighted by molar-refractivity contribution is 14.0. The van der Waals surface area contributed by atoms with Crippen LogP contribution in [-0.2, 0) is 11.3 Å². The van der Waals surface area contributed by atoms with Crippen LogP contribution in [0.3, 0.4) is 0 Å². The molecule has 0 unspecified atom stereocenters. The molecule has 1 saturated carbocycles. The highest BCUT2D eigenvalue weighted by atomic mass is 127. The molecular weight excluding hydrogens is 467 g/mol. The number of nitrogens with one attached hydrogen (secondary N) is 3. The maximum Gasteiger partial charge on any atom is 0.257 e. The number of likely N-dealkylation sites (N-methyl/N-ethyl adjacent to an activating group) is 1. The van der Waals surface area contributed by atoms with Gasteiger partial charge in [-0.15, -0.1) is 24.0 Å². The first-order valence-corrected chi connectivity index (χ1v) is 10.0. The van der Waals surface area contributed by atoms with E-state index >= 15 is 0 Å². The minimum absolute atomic E-state index is 0. The maximum absolute atomic E-state index is 11.5. The van der Waals surface area contributed by atoms with Crippen LogP contribution in [-0.4, -0.2) is 38.6 Å². The molecule has 0 atom stereocenters. The van der Waals surface area contributed by atoms with Crippen LogP contribution < -0.4 is 20.7 Å². The lowest BCUT2D eigenvalue weighted by atomic mass is 9.83. The molecule has 0 heterocycles. The molecule has 0 bridgehead atoms. The van der Waals surface area contributed by atoms with Gasteiger partial charge in [-0.1, -0.05) is 31.9 Å². The maximum atomic E-state index is 11.5. The number of benzene rings is 1. The minimum Gasteiger partial charge on any atom is -0.484 e. The topological polar surface area (TPSA) is 74.8 Å². The first-order valence-electron chi connectivity index (χ1n) is 10.0. The highest BCUT2D eigenvalue weighted by Gasteiger charge is 2.31. The Bertz CT molecular complexity index is 631. The van der Waals surface area contributed by atoms with Gasteiger partial charge in [-0.3, -0.25) is 9.79 Å². The van der Waals surface area contributed by atoms with E-state index in [4.69, 9.17) is 4.74 Å². The van der Waals surface area contributed by atoms with Gasteiger partial charge >= 0.3 is 0 Å². The Morgan fingerprint density at radius 3 is 2.57 bits per heavy atom. The largest absolute Gasteiger partial charge is 0.484 e. The molecule has 28 heavy (non-hydrogen) atoms. The summed E-state index contributed by atoms with van der Waals surface area (Å²) < 4.78 is 5.55. The third kappa shape index (κ3) is 7.85. The summed E-state index contributed by atoms with van der Waals surface area (Å²) in [6, 6.07) is 7.78. The normalized spacial score (nSPS) is 15.5. The van der Waals surface area contributed by atoms with Crippen molar-refractivity contribution in [1.29, 1.82) is 0 Å². The van der Waals surface area contributed by atoms with E-state index in [1.54, 1.807) is 7.05 Å². The molecule has 1 aliphatic rings. The zero-order valence-electron chi connectivity index (χ0n) is 17.3. The van der Waals surface area contributed by atoms with Crippen molar-refractivity contribution < 1.29 is 9.53 Å². The van der Waals surface area contributed by atoms with Gasteiger partial charge < -0.3 is 20.7 Å². The molecule has 2 rings (SSSR count). The molecule has 1 aromatic rings. The third-order valence-corrected chi connectivity index (χ3v) is 5.37. The number of nitrogens with zero attached hydrogens (tertiary/aromatic N) is 1. The van der Waals surface area contributed by atoms with Crippen molar-refractivity contribution in [3.8, 4) is 5.75 Å². The van der Waals surface area contributed by atoms with Gasteiger partial charge in [-0.05, 0) is 49.3 Å². The Morgan fingerprint density at radius 2 is 1.93 bits per heavy atom. The van der Waals surface area contributed by atoms with Crippen LogP contribution in [0.15, 0.2) is 29.3 Å². The molecule has 158 valence electrons. The Morgan fingerprint density at radius 1 is 1.18 bits per heavy atom. The number of hydrogen-bond acceptors (Lipinski definition) is 3. The lowest BCUT2D eigenvalue weighted by Crippen LogP contribution is -2.42. The lowest BCUT2D eigenvalue weighted by Gasteiger charge is -2.28. The van der Waals surface area contributed by atoms with Crippen LogP contribution in [0.5, 0.6) is 5.75 Å². The summed E-state index contributed by atoms with van der Waals surface area (Å²) in [7, 11) is 1.80. The number of amides is 1. The summed E-state index contributed by atoms with van der Waals surface area (Å²) in [4.78, 5) is 15.9. The van der Waals surface area contributed by atoms with Crippen molar-refractivity contribution >= 4 is 35.8 Å². The fraction of sp³-hybridized carbons (Fsp3) is 0.619. The fourth-order valence-corrected chi connectivity index (χ4v) is 3.60. The molecule has 1 amide bonds. The van der Waals surface area contributed by atoms with Crippen molar-refractivity contribution in [2.24, 2.45) is 10.4 Å². The van der Waals surface area contributed by atoms with Crippen molar-refractivity contribution in [2.75, 3.05) is 26.7 Å². The van der Waals surface area contributed by atoms with Crippen molar-refractivity contribution in [3.05, 3.63) is 29.8 Å². The molecule has 0 spiro atoms. The molecule has 1 aliphatic carbocycles. The van der Waals surface area contributed by atoms with Crippen LogP contribution in [0.4, 0.5) is 0 Å². The van der Waals surface area contributed by atoms with Crippen LogP contribution in [0, 0.1) is 5.41 Å². The van der Waals surface area contributed by atoms with Gasteiger partial charge in [0.15, 0.2) is 12.6 Å². The first kappa shape index (κ1) is 24.5. The molecular formula is C21H35IN4O2. The lowest BCUT2D eigenvalue weighted by molar-refractivity contribution is -0.122. The summed E-state index contributed by atoms with van der Waals surface area (Å²) in [6.07, 6.45) is 6.49. The fourth-order valence-electron chi connectivity index (χ4n) is 3.60. The Kier molecular flexibility index (Phi) is 11.3.